The molecule has 0 fully saturated rings. The third kappa shape index (κ3) is 3.93. The summed E-state index contributed by atoms with van der Waals surface area (Å²) in [6.45, 7) is 1.79. The third-order valence-corrected chi connectivity index (χ3v) is 2.77. The van der Waals surface area contributed by atoms with Crippen LogP contribution < -0.4 is 5.32 Å². The summed E-state index contributed by atoms with van der Waals surface area (Å²) < 4.78 is 0. The lowest BCUT2D eigenvalue weighted by atomic mass is 10.0. The Balaban J connectivity index is 2.32. The van der Waals surface area contributed by atoms with Gasteiger partial charge in [0.2, 0.25) is 11.0 Å². The van der Waals surface area contributed by atoms with Crippen molar-refractivity contribution in [2.24, 2.45) is 5.92 Å². The Hall–Kier alpha value is -1.50. The van der Waals surface area contributed by atoms with Gasteiger partial charge in [-0.25, -0.2) is 0 Å². The molecule has 0 aliphatic heterocycles. The molecule has 1 heterocycles. The number of rotatable bonds is 6. The second-order valence-corrected chi connectivity index (χ2v) is 4.11. The summed E-state index contributed by atoms with van der Waals surface area (Å²) in [7, 11) is 0. The van der Waals surface area contributed by atoms with E-state index in [-0.39, 0.29) is 12.3 Å². The molecule has 1 aromatic rings. The molecule has 0 aliphatic carbocycles. The predicted molar refractivity (Wildman–Crippen MR) is 59.2 cm³/mol. The van der Waals surface area contributed by atoms with Gasteiger partial charge >= 0.3 is 5.97 Å². The highest BCUT2D eigenvalue weighted by Gasteiger charge is 2.16. The van der Waals surface area contributed by atoms with Crippen LogP contribution in [0.5, 0.6) is 0 Å². The number of carbonyl (C=O) groups is 2. The first-order valence-electron chi connectivity index (χ1n) is 4.92. The lowest BCUT2D eigenvalue weighted by molar-refractivity contribution is -0.142. The number of anilines is 1. The number of amides is 1. The van der Waals surface area contributed by atoms with Crippen molar-refractivity contribution in [1.29, 1.82) is 0 Å². The molecule has 1 aromatic heterocycles. The minimum atomic E-state index is -0.855. The quantitative estimate of drug-likeness (QED) is 0.787. The SMILES string of the molecule is CC[C@H](CCC(=O)Nc1nncs1)C(=O)O. The van der Waals surface area contributed by atoms with Crippen molar-refractivity contribution in [3.05, 3.63) is 5.51 Å². The summed E-state index contributed by atoms with van der Waals surface area (Å²) in [5, 5.41) is 19.0. The molecule has 0 radical (unpaired) electrons. The van der Waals surface area contributed by atoms with Crippen molar-refractivity contribution in [3.63, 3.8) is 0 Å². The molecule has 0 saturated carbocycles. The molecule has 6 nitrogen and oxygen atoms in total. The zero-order chi connectivity index (χ0) is 12.0. The van der Waals surface area contributed by atoms with Gasteiger partial charge in [-0.1, -0.05) is 18.3 Å². The van der Waals surface area contributed by atoms with Crippen molar-refractivity contribution < 1.29 is 14.7 Å². The highest BCUT2D eigenvalue weighted by atomic mass is 32.1. The van der Waals surface area contributed by atoms with Crippen molar-refractivity contribution >= 4 is 28.3 Å². The number of carbonyl (C=O) groups excluding carboxylic acids is 1. The van der Waals surface area contributed by atoms with E-state index in [0.717, 1.165) is 0 Å². The van der Waals surface area contributed by atoms with Gasteiger partial charge < -0.3 is 10.4 Å². The molecule has 0 aliphatic rings. The van der Waals surface area contributed by atoms with E-state index in [1.165, 1.54) is 16.8 Å². The summed E-state index contributed by atoms with van der Waals surface area (Å²) in [6, 6.07) is 0. The second kappa shape index (κ2) is 6.16. The maximum Gasteiger partial charge on any atom is 0.306 e. The first-order valence-corrected chi connectivity index (χ1v) is 5.80. The summed E-state index contributed by atoms with van der Waals surface area (Å²) >= 11 is 1.23. The normalized spacial score (nSPS) is 12.1. The van der Waals surface area contributed by atoms with Gasteiger partial charge in [-0.2, -0.15) is 0 Å². The van der Waals surface area contributed by atoms with Crippen LogP contribution in [0.2, 0.25) is 0 Å². The smallest absolute Gasteiger partial charge is 0.306 e. The molecular formula is C9H13N3O3S. The summed E-state index contributed by atoms with van der Waals surface area (Å²) in [6.07, 6.45) is 1.06. The molecule has 1 rings (SSSR count). The van der Waals surface area contributed by atoms with Crippen LogP contribution in [0.4, 0.5) is 5.13 Å². The average Bonchev–Trinajstić information content (AvgIpc) is 2.70. The number of hydrogen-bond acceptors (Lipinski definition) is 5. The van der Waals surface area contributed by atoms with Crippen LogP contribution in [0.3, 0.4) is 0 Å². The Kier molecular flexibility index (Phi) is 4.84. The van der Waals surface area contributed by atoms with Crippen LogP contribution in [0.15, 0.2) is 5.51 Å². The van der Waals surface area contributed by atoms with Crippen molar-refractivity contribution in [3.8, 4) is 0 Å². The van der Waals surface area contributed by atoms with E-state index in [0.29, 0.717) is 18.0 Å². The van der Waals surface area contributed by atoms with Gasteiger partial charge in [-0.05, 0) is 12.8 Å². The minimum Gasteiger partial charge on any atom is -0.481 e. The first-order chi connectivity index (χ1) is 7.63. The molecule has 0 aromatic carbocycles. The summed E-state index contributed by atoms with van der Waals surface area (Å²) in [5.74, 6) is -1.54. The molecule has 7 heteroatoms. The van der Waals surface area contributed by atoms with Gasteiger partial charge in [0.15, 0.2) is 0 Å². The number of carboxylic acid groups (broad SMARTS) is 1. The fourth-order valence-corrected chi connectivity index (χ4v) is 1.68. The number of aromatic nitrogens is 2. The molecule has 2 N–H and O–H groups in total. The topological polar surface area (TPSA) is 92.2 Å². The molecule has 0 spiro atoms. The van der Waals surface area contributed by atoms with Crippen LogP contribution in [0.25, 0.3) is 0 Å². The summed E-state index contributed by atoms with van der Waals surface area (Å²) in [5.41, 5.74) is 1.52. The monoisotopic (exact) mass is 243 g/mol. The Bertz CT molecular complexity index is 353. The fourth-order valence-electron chi connectivity index (χ4n) is 1.22. The van der Waals surface area contributed by atoms with Gasteiger partial charge in [0.25, 0.3) is 0 Å². The van der Waals surface area contributed by atoms with Crippen LogP contribution in [0, 0.1) is 5.92 Å². The van der Waals surface area contributed by atoms with Gasteiger partial charge in [0.05, 0.1) is 5.92 Å². The van der Waals surface area contributed by atoms with Crippen LogP contribution in [0.1, 0.15) is 26.2 Å². The molecule has 0 saturated heterocycles. The molecule has 1 amide bonds. The molecule has 1 atom stereocenters. The van der Waals surface area contributed by atoms with E-state index in [1.54, 1.807) is 6.92 Å². The van der Waals surface area contributed by atoms with Crippen molar-refractivity contribution in [1.82, 2.24) is 10.2 Å². The summed E-state index contributed by atoms with van der Waals surface area (Å²) in [4.78, 5) is 22.1. The van der Waals surface area contributed by atoms with Crippen LogP contribution >= 0.6 is 11.3 Å². The lowest BCUT2D eigenvalue weighted by Crippen LogP contribution is -2.17. The van der Waals surface area contributed by atoms with Gasteiger partial charge in [0.1, 0.15) is 5.51 Å². The highest BCUT2D eigenvalue weighted by molar-refractivity contribution is 7.13. The highest BCUT2D eigenvalue weighted by Crippen LogP contribution is 2.13. The largest absolute Gasteiger partial charge is 0.481 e. The molecule has 0 bridgehead atoms. The van der Waals surface area contributed by atoms with Crippen molar-refractivity contribution in [2.45, 2.75) is 26.2 Å². The van der Waals surface area contributed by atoms with E-state index in [1.807, 2.05) is 0 Å². The van der Waals surface area contributed by atoms with Gasteiger partial charge in [0, 0.05) is 6.42 Å². The standard InChI is InChI=1S/C9H13N3O3S/c1-2-6(8(14)15)3-4-7(13)11-9-12-10-5-16-9/h5-6H,2-4H2,1H3,(H,14,15)(H,11,12,13)/t6-/m1/s1. The van der Waals surface area contributed by atoms with E-state index < -0.39 is 11.9 Å². The van der Waals surface area contributed by atoms with E-state index in [2.05, 4.69) is 15.5 Å². The maximum absolute atomic E-state index is 11.4. The Morgan fingerprint density at radius 2 is 2.38 bits per heavy atom. The second-order valence-electron chi connectivity index (χ2n) is 3.27. The predicted octanol–water partition coefficient (Wildman–Crippen LogP) is 1.37. The van der Waals surface area contributed by atoms with Gasteiger partial charge in [-0.15, -0.1) is 10.2 Å². The third-order valence-electron chi connectivity index (χ3n) is 2.17. The molecular weight excluding hydrogens is 230 g/mol. The van der Waals surface area contributed by atoms with E-state index >= 15 is 0 Å². The molecule has 16 heavy (non-hydrogen) atoms. The number of aliphatic carboxylic acids is 1. The van der Waals surface area contributed by atoms with E-state index in [9.17, 15) is 9.59 Å². The number of nitrogens with zero attached hydrogens (tertiary/aromatic N) is 2. The van der Waals surface area contributed by atoms with Crippen molar-refractivity contribution in [2.75, 3.05) is 5.32 Å². The number of nitrogens with one attached hydrogen (secondary N) is 1. The van der Waals surface area contributed by atoms with Gasteiger partial charge in [-0.3, -0.25) is 9.59 Å². The Labute approximate surface area is 96.7 Å². The van der Waals surface area contributed by atoms with E-state index in [4.69, 9.17) is 5.11 Å². The first kappa shape index (κ1) is 12.6. The van der Waals surface area contributed by atoms with Crippen LogP contribution in [-0.4, -0.2) is 27.2 Å². The zero-order valence-electron chi connectivity index (χ0n) is 8.84. The molecule has 88 valence electrons. The number of hydrogen-bond donors (Lipinski definition) is 2. The zero-order valence-corrected chi connectivity index (χ0v) is 9.66. The Morgan fingerprint density at radius 3 is 2.88 bits per heavy atom. The molecule has 0 unspecified atom stereocenters. The maximum atomic E-state index is 11.4. The lowest BCUT2D eigenvalue weighted by Gasteiger charge is -2.08. The number of carboxylic acids is 1. The fraction of sp³-hybridized carbons (Fsp3) is 0.556. The van der Waals surface area contributed by atoms with Crippen LogP contribution in [-0.2, 0) is 9.59 Å². The minimum absolute atomic E-state index is 0.185. The average molecular weight is 243 g/mol. The Morgan fingerprint density at radius 1 is 1.62 bits per heavy atom.